The van der Waals surface area contributed by atoms with Gasteiger partial charge in [0.05, 0.1) is 36.4 Å². The van der Waals surface area contributed by atoms with Crippen molar-refractivity contribution >= 4 is 39.3 Å². The molecule has 1 amide bonds. The number of hydrogen-bond donors (Lipinski definition) is 0. The van der Waals surface area contributed by atoms with Crippen LogP contribution in [0.5, 0.6) is 5.75 Å². The molecule has 0 aliphatic carbocycles. The number of aryl methyl sites for hydroxylation is 1. The Morgan fingerprint density at radius 3 is 2.77 bits per heavy atom. The van der Waals surface area contributed by atoms with E-state index in [1.165, 1.54) is 18.1 Å². The number of anilines is 1. The van der Waals surface area contributed by atoms with Gasteiger partial charge in [-0.3, -0.25) is 14.5 Å². The first kappa shape index (κ1) is 22.7. The second kappa shape index (κ2) is 8.62. The molecule has 0 saturated carbocycles. The van der Waals surface area contributed by atoms with Gasteiger partial charge in [-0.05, 0) is 49.7 Å². The highest BCUT2D eigenvalue weighted by atomic mass is 32.1. The van der Waals surface area contributed by atoms with E-state index in [-0.39, 0.29) is 32.3 Å². The highest BCUT2D eigenvalue weighted by Crippen LogP contribution is 2.43. The van der Waals surface area contributed by atoms with Gasteiger partial charge in [0.1, 0.15) is 22.0 Å². The largest absolute Gasteiger partial charge is 0.494 e. The highest BCUT2D eigenvalue weighted by Gasteiger charge is 2.45. The first-order chi connectivity index (χ1) is 16.8. The van der Waals surface area contributed by atoms with Gasteiger partial charge in [-0.25, -0.2) is 14.2 Å². The Morgan fingerprint density at radius 2 is 2.03 bits per heavy atom. The van der Waals surface area contributed by atoms with Crippen molar-refractivity contribution in [2.24, 2.45) is 0 Å². The van der Waals surface area contributed by atoms with Crippen molar-refractivity contribution < 1.29 is 27.9 Å². The summed E-state index contributed by atoms with van der Waals surface area (Å²) in [6, 6.07) is 9.61. The van der Waals surface area contributed by atoms with Crippen LogP contribution in [0.4, 0.5) is 9.52 Å². The second-order valence-corrected chi connectivity index (χ2v) is 8.78. The van der Waals surface area contributed by atoms with Crippen LogP contribution in [-0.4, -0.2) is 30.6 Å². The quantitative estimate of drug-likeness (QED) is 0.373. The summed E-state index contributed by atoms with van der Waals surface area (Å²) in [5, 5.41) is 0.218. The van der Waals surface area contributed by atoms with Crippen LogP contribution in [-0.2, 0) is 4.74 Å². The minimum Gasteiger partial charge on any atom is -0.494 e. The summed E-state index contributed by atoms with van der Waals surface area (Å²) in [4.78, 5) is 45.4. The number of benzene rings is 2. The Hall–Kier alpha value is -4.05. The van der Waals surface area contributed by atoms with Crippen LogP contribution in [0.15, 0.2) is 51.7 Å². The average molecular weight is 495 g/mol. The number of esters is 1. The average Bonchev–Trinajstić information content (AvgIpc) is 3.37. The summed E-state index contributed by atoms with van der Waals surface area (Å²) >= 11 is 0.974. The lowest BCUT2D eigenvalue weighted by Gasteiger charge is -2.23. The number of rotatable bonds is 5. The number of halogens is 1. The van der Waals surface area contributed by atoms with E-state index >= 15 is 0 Å². The predicted octanol–water partition coefficient (Wildman–Crippen LogP) is 4.63. The third kappa shape index (κ3) is 3.66. The van der Waals surface area contributed by atoms with Crippen LogP contribution < -0.4 is 15.1 Å². The van der Waals surface area contributed by atoms with Crippen molar-refractivity contribution in [1.82, 2.24) is 4.98 Å². The van der Waals surface area contributed by atoms with Gasteiger partial charge in [0.25, 0.3) is 5.91 Å². The molecule has 0 bridgehead atoms. The Bertz CT molecular complexity index is 1560. The van der Waals surface area contributed by atoms with Gasteiger partial charge in [-0.15, -0.1) is 0 Å². The van der Waals surface area contributed by atoms with Crippen LogP contribution in [0.25, 0.3) is 11.0 Å². The molecular weight excluding hydrogens is 475 g/mol. The van der Waals surface area contributed by atoms with Crippen LogP contribution in [0.2, 0.25) is 0 Å². The molecule has 10 heteroatoms. The van der Waals surface area contributed by atoms with Crippen molar-refractivity contribution in [1.29, 1.82) is 0 Å². The number of thiazole rings is 1. The van der Waals surface area contributed by atoms with Gasteiger partial charge in [0.15, 0.2) is 10.6 Å². The highest BCUT2D eigenvalue weighted by molar-refractivity contribution is 7.17. The van der Waals surface area contributed by atoms with Crippen molar-refractivity contribution in [3.05, 3.63) is 86.0 Å². The molecule has 35 heavy (non-hydrogen) atoms. The second-order valence-electron chi connectivity index (χ2n) is 7.80. The minimum atomic E-state index is -0.933. The predicted molar refractivity (Wildman–Crippen MR) is 127 cm³/mol. The van der Waals surface area contributed by atoms with E-state index in [4.69, 9.17) is 13.9 Å². The van der Waals surface area contributed by atoms with Crippen molar-refractivity contribution in [3.8, 4) is 5.75 Å². The third-order valence-corrected chi connectivity index (χ3v) is 6.82. The van der Waals surface area contributed by atoms with Crippen LogP contribution >= 0.6 is 11.3 Å². The van der Waals surface area contributed by atoms with Crippen LogP contribution in [0, 0.1) is 12.7 Å². The summed E-state index contributed by atoms with van der Waals surface area (Å²) in [5.74, 6) is -1.39. The molecule has 8 nitrogen and oxygen atoms in total. The van der Waals surface area contributed by atoms with Crippen LogP contribution in [0.3, 0.4) is 0 Å². The number of fused-ring (bicyclic) bond motifs is 2. The van der Waals surface area contributed by atoms with E-state index in [0.717, 1.165) is 23.5 Å². The molecule has 4 aromatic rings. The number of amides is 1. The molecule has 0 saturated heterocycles. The fourth-order valence-electron chi connectivity index (χ4n) is 4.17. The topological polar surface area (TPSA) is 98.9 Å². The Kier molecular flexibility index (Phi) is 5.60. The first-order valence-electron chi connectivity index (χ1n) is 10.7. The molecule has 5 rings (SSSR count). The lowest BCUT2D eigenvalue weighted by atomic mass is 9.98. The lowest BCUT2D eigenvalue weighted by Crippen LogP contribution is -2.29. The van der Waals surface area contributed by atoms with E-state index in [1.54, 1.807) is 31.2 Å². The van der Waals surface area contributed by atoms with E-state index in [2.05, 4.69) is 4.98 Å². The van der Waals surface area contributed by atoms with Gasteiger partial charge in [-0.2, -0.15) is 0 Å². The van der Waals surface area contributed by atoms with Crippen LogP contribution in [0.1, 0.15) is 50.0 Å². The number of nitrogens with zero attached hydrogens (tertiary/aromatic N) is 2. The molecule has 1 aliphatic heterocycles. The summed E-state index contributed by atoms with van der Waals surface area (Å²) in [5.41, 5.74) is 0.587. The van der Waals surface area contributed by atoms with Gasteiger partial charge in [0, 0.05) is 0 Å². The molecule has 2 aromatic carbocycles. The Labute approximate surface area is 202 Å². The minimum absolute atomic E-state index is 0.0231. The molecule has 0 spiro atoms. The molecule has 0 fully saturated rings. The van der Waals surface area contributed by atoms with Gasteiger partial charge >= 0.3 is 5.97 Å². The maximum absolute atomic E-state index is 14.0. The Balaban J connectivity index is 1.78. The summed E-state index contributed by atoms with van der Waals surface area (Å²) < 4.78 is 30.3. The maximum Gasteiger partial charge on any atom is 0.350 e. The molecule has 1 atom stereocenters. The molecule has 178 valence electrons. The molecule has 3 heterocycles. The Morgan fingerprint density at radius 1 is 1.23 bits per heavy atom. The number of hydrogen-bond acceptors (Lipinski definition) is 8. The monoisotopic (exact) mass is 494 g/mol. The van der Waals surface area contributed by atoms with Crippen molar-refractivity contribution in [2.45, 2.75) is 19.9 Å². The van der Waals surface area contributed by atoms with E-state index in [1.807, 2.05) is 6.92 Å². The van der Waals surface area contributed by atoms with E-state index < -0.39 is 29.2 Å². The van der Waals surface area contributed by atoms with Crippen molar-refractivity contribution in [2.75, 3.05) is 18.6 Å². The molecule has 0 radical (unpaired) electrons. The van der Waals surface area contributed by atoms with E-state index in [9.17, 15) is 18.8 Å². The summed E-state index contributed by atoms with van der Waals surface area (Å²) in [7, 11) is 1.26. The standard InChI is InChI=1S/C25H19FN2O6S/c1-4-33-15-7-5-6-13(10-15)19-18-20(29)16-11-14(26)8-9-17(16)34-21(18)23(30)28(19)25-27-12(2)22(35-25)24(31)32-3/h5-11,19H,4H2,1-3H3/t19-/m0/s1. The number of carbonyl (C=O) groups is 2. The van der Waals surface area contributed by atoms with Crippen molar-refractivity contribution in [3.63, 3.8) is 0 Å². The number of methoxy groups -OCH3 is 1. The van der Waals surface area contributed by atoms with Gasteiger partial charge < -0.3 is 13.9 Å². The zero-order chi connectivity index (χ0) is 24.9. The lowest BCUT2D eigenvalue weighted by molar-refractivity contribution is 0.0605. The number of ether oxygens (including phenoxy) is 2. The molecule has 0 unspecified atom stereocenters. The smallest absolute Gasteiger partial charge is 0.350 e. The number of carbonyl (C=O) groups excluding carboxylic acids is 2. The zero-order valence-electron chi connectivity index (χ0n) is 19.0. The third-order valence-electron chi connectivity index (χ3n) is 5.68. The fraction of sp³-hybridized carbons (Fsp3) is 0.200. The van der Waals surface area contributed by atoms with Gasteiger partial charge in [-0.1, -0.05) is 23.5 Å². The molecular formula is C25H19FN2O6S. The SMILES string of the molecule is CCOc1cccc([C@H]2c3c(oc4ccc(F)cc4c3=O)C(=O)N2c2nc(C)c(C(=O)OC)s2)c1. The molecule has 1 aliphatic rings. The summed E-state index contributed by atoms with van der Waals surface area (Å²) in [6.45, 7) is 3.90. The molecule has 2 aromatic heterocycles. The maximum atomic E-state index is 14.0. The normalized spacial score (nSPS) is 14.9. The fourth-order valence-corrected chi connectivity index (χ4v) is 5.18. The van der Waals surface area contributed by atoms with E-state index in [0.29, 0.717) is 23.6 Å². The zero-order valence-corrected chi connectivity index (χ0v) is 19.8. The summed E-state index contributed by atoms with van der Waals surface area (Å²) in [6.07, 6.45) is 0. The number of aromatic nitrogens is 1. The molecule has 0 N–H and O–H groups in total. The van der Waals surface area contributed by atoms with Gasteiger partial charge in [0.2, 0.25) is 5.76 Å². The first-order valence-corrected chi connectivity index (χ1v) is 11.5.